The first-order valence-corrected chi connectivity index (χ1v) is 8.70. The number of carboxylic acid groups (broad SMARTS) is 1. The van der Waals surface area contributed by atoms with Crippen LogP contribution in [0.1, 0.15) is 29.8 Å². The Morgan fingerprint density at radius 3 is 2.25 bits per heavy atom. The molecule has 2 amide bonds. The highest BCUT2D eigenvalue weighted by molar-refractivity contribution is 6.05. The molecule has 7 nitrogen and oxygen atoms in total. The number of hydrogen-bond acceptors (Lipinski definition) is 4. The standard InChI is InChI=1S/C21H22N2O5/c1-14(2)28-17-10-8-15(9-11-17)12-18(21(27)22-13-19(24)25)23-20(26)16-6-4-3-5-7-16/h3-12,14H,13H2,1-2H3,(H,22,27)(H,23,26)(H,24,25)/b18-12-. The lowest BCUT2D eigenvalue weighted by Gasteiger charge is -2.11. The average molecular weight is 382 g/mol. The van der Waals surface area contributed by atoms with Gasteiger partial charge in [0.2, 0.25) is 0 Å². The lowest BCUT2D eigenvalue weighted by molar-refractivity contribution is -0.137. The van der Waals surface area contributed by atoms with Crippen molar-refractivity contribution in [1.29, 1.82) is 0 Å². The van der Waals surface area contributed by atoms with Crippen LogP contribution in [0.5, 0.6) is 5.75 Å². The zero-order valence-electron chi connectivity index (χ0n) is 15.6. The molecule has 28 heavy (non-hydrogen) atoms. The summed E-state index contributed by atoms with van der Waals surface area (Å²) in [6.07, 6.45) is 1.50. The highest BCUT2D eigenvalue weighted by Crippen LogP contribution is 2.16. The molecule has 0 heterocycles. The van der Waals surface area contributed by atoms with Gasteiger partial charge in [-0.25, -0.2) is 0 Å². The molecule has 0 radical (unpaired) electrons. The molecule has 7 heteroatoms. The lowest BCUT2D eigenvalue weighted by Crippen LogP contribution is -2.37. The molecule has 0 aromatic heterocycles. The summed E-state index contributed by atoms with van der Waals surface area (Å²) in [6.45, 7) is 3.27. The maximum Gasteiger partial charge on any atom is 0.322 e. The fourth-order valence-corrected chi connectivity index (χ4v) is 2.27. The molecule has 0 spiro atoms. The fraction of sp³-hybridized carbons (Fsp3) is 0.190. The van der Waals surface area contributed by atoms with Crippen LogP contribution >= 0.6 is 0 Å². The summed E-state index contributed by atoms with van der Waals surface area (Å²) < 4.78 is 5.57. The fourth-order valence-electron chi connectivity index (χ4n) is 2.27. The predicted molar refractivity (Wildman–Crippen MR) is 105 cm³/mol. The summed E-state index contributed by atoms with van der Waals surface area (Å²) >= 11 is 0. The molecule has 2 rings (SSSR count). The third-order valence-electron chi connectivity index (χ3n) is 3.49. The molecule has 0 bridgehead atoms. The Kier molecular flexibility index (Phi) is 7.33. The number of aliphatic carboxylic acids is 1. The number of hydrogen-bond donors (Lipinski definition) is 3. The van der Waals surface area contributed by atoms with Gasteiger partial charge in [0.1, 0.15) is 18.0 Å². The normalized spacial score (nSPS) is 11.0. The van der Waals surface area contributed by atoms with Crippen LogP contribution in [0.15, 0.2) is 60.3 Å². The molecule has 2 aromatic rings. The van der Waals surface area contributed by atoms with Crippen molar-refractivity contribution < 1.29 is 24.2 Å². The number of carbonyl (C=O) groups excluding carboxylic acids is 2. The van der Waals surface area contributed by atoms with Crippen LogP contribution in [0.4, 0.5) is 0 Å². The Hall–Kier alpha value is -3.61. The first-order chi connectivity index (χ1) is 13.3. The number of carbonyl (C=O) groups is 3. The number of rotatable bonds is 8. The molecule has 0 aliphatic carbocycles. The smallest absolute Gasteiger partial charge is 0.322 e. The molecule has 3 N–H and O–H groups in total. The van der Waals surface area contributed by atoms with Crippen LogP contribution in [0.3, 0.4) is 0 Å². The van der Waals surface area contributed by atoms with Gasteiger partial charge in [0.05, 0.1) is 6.10 Å². The Balaban J connectivity index is 2.23. The Bertz CT molecular complexity index is 858. The monoisotopic (exact) mass is 382 g/mol. The molecular weight excluding hydrogens is 360 g/mol. The summed E-state index contributed by atoms with van der Waals surface area (Å²) in [7, 11) is 0. The van der Waals surface area contributed by atoms with Gasteiger partial charge in [-0.2, -0.15) is 0 Å². The van der Waals surface area contributed by atoms with E-state index in [2.05, 4.69) is 10.6 Å². The van der Waals surface area contributed by atoms with E-state index < -0.39 is 24.3 Å². The van der Waals surface area contributed by atoms with E-state index in [-0.39, 0.29) is 11.8 Å². The van der Waals surface area contributed by atoms with Gasteiger partial charge in [0, 0.05) is 5.56 Å². The average Bonchev–Trinajstić information content (AvgIpc) is 2.67. The van der Waals surface area contributed by atoms with Gasteiger partial charge >= 0.3 is 5.97 Å². The molecule has 0 aliphatic heterocycles. The lowest BCUT2D eigenvalue weighted by atomic mass is 10.1. The van der Waals surface area contributed by atoms with Gasteiger partial charge in [-0.15, -0.1) is 0 Å². The predicted octanol–water partition coefficient (Wildman–Crippen LogP) is 2.45. The minimum absolute atomic E-state index is 0.0314. The molecule has 0 fully saturated rings. The molecule has 0 aliphatic rings. The number of ether oxygens (including phenoxy) is 1. The minimum Gasteiger partial charge on any atom is -0.491 e. The first-order valence-electron chi connectivity index (χ1n) is 8.70. The summed E-state index contributed by atoms with van der Waals surface area (Å²) in [5.74, 6) is -1.68. The summed E-state index contributed by atoms with van der Waals surface area (Å²) in [6, 6.07) is 15.4. The summed E-state index contributed by atoms with van der Waals surface area (Å²) in [5.41, 5.74) is 0.956. The minimum atomic E-state index is -1.18. The van der Waals surface area contributed by atoms with E-state index in [0.29, 0.717) is 16.9 Å². The molecule has 0 atom stereocenters. The van der Waals surface area contributed by atoms with E-state index in [1.54, 1.807) is 54.6 Å². The van der Waals surface area contributed by atoms with Gasteiger partial charge in [-0.05, 0) is 49.8 Å². The van der Waals surface area contributed by atoms with E-state index in [9.17, 15) is 14.4 Å². The number of benzene rings is 2. The molecule has 146 valence electrons. The third-order valence-corrected chi connectivity index (χ3v) is 3.49. The SMILES string of the molecule is CC(C)Oc1ccc(/C=C(\NC(=O)c2ccccc2)C(=O)NCC(=O)O)cc1. The zero-order chi connectivity index (χ0) is 20.5. The van der Waals surface area contributed by atoms with Crippen LogP contribution < -0.4 is 15.4 Å². The van der Waals surface area contributed by atoms with Gasteiger partial charge in [-0.1, -0.05) is 30.3 Å². The molecular formula is C21H22N2O5. The van der Waals surface area contributed by atoms with Crippen molar-refractivity contribution in [3.63, 3.8) is 0 Å². The van der Waals surface area contributed by atoms with Crippen molar-refractivity contribution in [1.82, 2.24) is 10.6 Å². The first kappa shape index (κ1) is 20.7. The van der Waals surface area contributed by atoms with Gasteiger partial charge in [0.25, 0.3) is 11.8 Å². The van der Waals surface area contributed by atoms with Crippen molar-refractivity contribution in [3.05, 3.63) is 71.4 Å². The molecule has 2 aromatic carbocycles. The number of nitrogens with one attached hydrogen (secondary N) is 2. The van der Waals surface area contributed by atoms with Crippen molar-refractivity contribution in [3.8, 4) is 5.75 Å². The summed E-state index contributed by atoms with van der Waals surface area (Å²) in [4.78, 5) is 35.5. The topological polar surface area (TPSA) is 105 Å². The summed E-state index contributed by atoms with van der Waals surface area (Å²) in [5, 5.41) is 13.5. The number of carboxylic acids is 1. The van der Waals surface area contributed by atoms with E-state index in [0.717, 1.165) is 0 Å². The second kappa shape index (κ2) is 9.91. The van der Waals surface area contributed by atoms with E-state index in [4.69, 9.17) is 9.84 Å². The Labute approximate surface area is 163 Å². The van der Waals surface area contributed by atoms with E-state index in [1.807, 2.05) is 13.8 Å². The quantitative estimate of drug-likeness (QED) is 0.608. The Morgan fingerprint density at radius 2 is 1.68 bits per heavy atom. The van der Waals surface area contributed by atoms with Crippen molar-refractivity contribution in [2.75, 3.05) is 6.54 Å². The van der Waals surface area contributed by atoms with Crippen molar-refractivity contribution in [2.24, 2.45) is 0 Å². The highest BCUT2D eigenvalue weighted by atomic mass is 16.5. The third kappa shape index (κ3) is 6.60. The van der Waals surface area contributed by atoms with Crippen LogP contribution in [-0.2, 0) is 9.59 Å². The zero-order valence-corrected chi connectivity index (χ0v) is 15.6. The molecule has 0 saturated carbocycles. The second-order valence-electron chi connectivity index (χ2n) is 6.19. The van der Waals surface area contributed by atoms with Crippen molar-refractivity contribution >= 4 is 23.9 Å². The van der Waals surface area contributed by atoms with Gasteiger partial charge < -0.3 is 20.5 Å². The number of amides is 2. The van der Waals surface area contributed by atoms with E-state index in [1.165, 1.54) is 6.08 Å². The van der Waals surface area contributed by atoms with Gasteiger partial charge in [0.15, 0.2) is 0 Å². The van der Waals surface area contributed by atoms with Crippen molar-refractivity contribution in [2.45, 2.75) is 20.0 Å². The van der Waals surface area contributed by atoms with Crippen LogP contribution in [0.25, 0.3) is 6.08 Å². The van der Waals surface area contributed by atoms with Gasteiger partial charge in [-0.3, -0.25) is 14.4 Å². The Morgan fingerprint density at radius 1 is 1.04 bits per heavy atom. The van der Waals surface area contributed by atoms with Crippen LogP contribution in [0, 0.1) is 0 Å². The molecule has 0 saturated heterocycles. The van der Waals surface area contributed by atoms with Crippen LogP contribution in [0.2, 0.25) is 0 Å². The largest absolute Gasteiger partial charge is 0.491 e. The van der Waals surface area contributed by atoms with E-state index >= 15 is 0 Å². The maximum absolute atomic E-state index is 12.4. The second-order valence-corrected chi connectivity index (χ2v) is 6.19. The molecule has 0 unspecified atom stereocenters. The maximum atomic E-state index is 12.4. The highest BCUT2D eigenvalue weighted by Gasteiger charge is 2.15. The van der Waals surface area contributed by atoms with Crippen LogP contribution in [-0.4, -0.2) is 35.5 Å².